The molecule has 0 aromatic carbocycles. The molecule has 0 saturated carbocycles. The van der Waals surface area contributed by atoms with Gasteiger partial charge >= 0.3 is 0 Å². The van der Waals surface area contributed by atoms with Crippen LogP contribution in [0.5, 0.6) is 0 Å². The number of thioether (sulfide) groups is 1. The largest absolute Gasteiger partial charge is 0.394 e. The first-order valence-corrected chi connectivity index (χ1v) is 9.35. The number of nitrogens with one attached hydrogen (secondary N) is 1. The molecule has 2 aromatic heterocycles. The van der Waals surface area contributed by atoms with E-state index in [1.165, 1.54) is 6.07 Å². The van der Waals surface area contributed by atoms with Crippen molar-refractivity contribution >= 4 is 17.7 Å². The van der Waals surface area contributed by atoms with Crippen molar-refractivity contribution in [2.24, 2.45) is 0 Å². The van der Waals surface area contributed by atoms with Crippen molar-refractivity contribution in [3.05, 3.63) is 39.9 Å². The molecule has 0 bridgehead atoms. The number of aryl methyl sites for hydroxylation is 2. The summed E-state index contributed by atoms with van der Waals surface area (Å²) < 4.78 is 2.72. The summed E-state index contributed by atoms with van der Waals surface area (Å²) in [6.45, 7) is 3.42. The van der Waals surface area contributed by atoms with Gasteiger partial charge in [0.2, 0.25) is 5.91 Å². The van der Waals surface area contributed by atoms with Crippen LogP contribution < -0.4 is 10.9 Å². The van der Waals surface area contributed by atoms with E-state index < -0.39 is 0 Å². The average Bonchev–Trinajstić information content (AvgIpc) is 2.92. The molecule has 0 spiro atoms. The summed E-state index contributed by atoms with van der Waals surface area (Å²) in [5, 5.41) is 20.6. The highest BCUT2D eigenvalue weighted by molar-refractivity contribution is 7.98. The standard InChI is InChI=1S/C16H23N5O3S/c1-11-8-12(2)21(18-11)14-4-5-16(24)20(19-14)9-15(23)17-13(10-22)6-7-25-3/h4-5,8,13,22H,6-7,9-10H2,1-3H3,(H,17,23). The maximum atomic E-state index is 12.2. The Bertz CT molecular complexity index is 786. The first kappa shape index (κ1) is 19.2. The van der Waals surface area contributed by atoms with Crippen LogP contribution >= 0.6 is 11.8 Å². The Kier molecular flexibility index (Phi) is 6.77. The van der Waals surface area contributed by atoms with E-state index in [0.717, 1.165) is 21.8 Å². The minimum absolute atomic E-state index is 0.138. The third-order valence-electron chi connectivity index (χ3n) is 3.63. The molecule has 2 rings (SSSR count). The van der Waals surface area contributed by atoms with Gasteiger partial charge in [-0.25, -0.2) is 9.36 Å². The van der Waals surface area contributed by atoms with E-state index in [1.807, 2.05) is 26.2 Å². The number of nitrogens with zero attached hydrogens (tertiary/aromatic N) is 4. The molecule has 0 aliphatic rings. The van der Waals surface area contributed by atoms with Gasteiger partial charge < -0.3 is 10.4 Å². The highest BCUT2D eigenvalue weighted by atomic mass is 32.2. The Labute approximate surface area is 150 Å². The van der Waals surface area contributed by atoms with Crippen molar-refractivity contribution in [2.75, 3.05) is 18.6 Å². The molecule has 2 N–H and O–H groups in total. The number of carbonyl (C=O) groups excluding carboxylic acids is 1. The fraction of sp³-hybridized carbons (Fsp3) is 0.500. The molecule has 1 unspecified atom stereocenters. The zero-order valence-electron chi connectivity index (χ0n) is 14.6. The summed E-state index contributed by atoms with van der Waals surface area (Å²) in [4.78, 5) is 24.2. The van der Waals surface area contributed by atoms with Gasteiger partial charge in [-0.15, -0.1) is 5.10 Å². The minimum atomic E-state index is -0.370. The van der Waals surface area contributed by atoms with Gasteiger partial charge in [0.25, 0.3) is 5.56 Å². The monoisotopic (exact) mass is 365 g/mol. The Balaban J connectivity index is 2.14. The highest BCUT2D eigenvalue weighted by Crippen LogP contribution is 2.07. The molecule has 8 nitrogen and oxygen atoms in total. The molecular formula is C16H23N5O3S. The molecule has 1 amide bonds. The van der Waals surface area contributed by atoms with Crippen molar-refractivity contribution in [1.29, 1.82) is 0 Å². The summed E-state index contributed by atoms with van der Waals surface area (Å²) in [6.07, 6.45) is 2.63. The molecule has 2 heterocycles. The lowest BCUT2D eigenvalue weighted by atomic mass is 10.2. The second-order valence-electron chi connectivity index (χ2n) is 5.75. The minimum Gasteiger partial charge on any atom is -0.394 e. The van der Waals surface area contributed by atoms with Crippen molar-refractivity contribution in [3.63, 3.8) is 0 Å². The first-order chi connectivity index (χ1) is 11.9. The number of amides is 1. The maximum absolute atomic E-state index is 12.2. The van der Waals surface area contributed by atoms with Gasteiger partial charge in [0, 0.05) is 11.8 Å². The number of aliphatic hydroxyl groups excluding tert-OH is 1. The Morgan fingerprint density at radius 2 is 2.12 bits per heavy atom. The quantitative estimate of drug-likeness (QED) is 0.696. The molecule has 2 aromatic rings. The predicted octanol–water partition coefficient (Wildman–Crippen LogP) is 0.276. The molecule has 0 aliphatic heterocycles. The number of aliphatic hydroxyl groups is 1. The van der Waals surface area contributed by atoms with E-state index in [1.54, 1.807) is 22.5 Å². The second-order valence-corrected chi connectivity index (χ2v) is 6.74. The van der Waals surface area contributed by atoms with Crippen LogP contribution in [-0.2, 0) is 11.3 Å². The summed E-state index contributed by atoms with van der Waals surface area (Å²) in [7, 11) is 0. The third kappa shape index (κ3) is 5.17. The van der Waals surface area contributed by atoms with Crippen LogP contribution in [0, 0.1) is 13.8 Å². The fourth-order valence-electron chi connectivity index (χ4n) is 2.40. The SMILES string of the molecule is CSCCC(CO)NC(=O)Cn1nc(-n2nc(C)cc2C)ccc1=O. The number of rotatable bonds is 8. The summed E-state index contributed by atoms with van der Waals surface area (Å²) >= 11 is 1.64. The fourth-order valence-corrected chi connectivity index (χ4v) is 2.92. The van der Waals surface area contributed by atoms with Gasteiger partial charge in [0.15, 0.2) is 5.82 Å². The molecule has 9 heteroatoms. The normalized spacial score (nSPS) is 12.2. The number of hydrogen-bond acceptors (Lipinski definition) is 6. The van der Waals surface area contributed by atoms with E-state index >= 15 is 0 Å². The lowest BCUT2D eigenvalue weighted by molar-refractivity contribution is -0.122. The Hall–Kier alpha value is -2.13. The van der Waals surface area contributed by atoms with Gasteiger partial charge in [-0.3, -0.25) is 9.59 Å². The smallest absolute Gasteiger partial charge is 0.267 e. The highest BCUT2D eigenvalue weighted by Gasteiger charge is 2.14. The van der Waals surface area contributed by atoms with Gasteiger partial charge in [-0.2, -0.15) is 16.9 Å². The predicted molar refractivity (Wildman–Crippen MR) is 97.1 cm³/mol. The van der Waals surface area contributed by atoms with E-state index in [4.69, 9.17) is 0 Å². The van der Waals surface area contributed by atoms with Crippen LogP contribution in [0.3, 0.4) is 0 Å². The van der Waals surface area contributed by atoms with Gasteiger partial charge in [0.05, 0.1) is 18.3 Å². The van der Waals surface area contributed by atoms with Crippen molar-refractivity contribution in [2.45, 2.75) is 32.9 Å². The van der Waals surface area contributed by atoms with Gasteiger partial charge in [-0.05, 0) is 44.4 Å². The van der Waals surface area contributed by atoms with Crippen LogP contribution in [0.4, 0.5) is 0 Å². The molecule has 25 heavy (non-hydrogen) atoms. The van der Waals surface area contributed by atoms with Gasteiger partial charge in [0.1, 0.15) is 6.54 Å². The van der Waals surface area contributed by atoms with Crippen LogP contribution in [0.2, 0.25) is 0 Å². The molecule has 1 atom stereocenters. The zero-order chi connectivity index (χ0) is 18.4. The van der Waals surface area contributed by atoms with Crippen molar-refractivity contribution in [1.82, 2.24) is 24.9 Å². The topological polar surface area (TPSA) is 102 Å². The van der Waals surface area contributed by atoms with Crippen LogP contribution in [0.25, 0.3) is 5.82 Å². The van der Waals surface area contributed by atoms with Crippen molar-refractivity contribution < 1.29 is 9.90 Å². The van der Waals surface area contributed by atoms with E-state index in [9.17, 15) is 14.7 Å². The first-order valence-electron chi connectivity index (χ1n) is 7.95. The maximum Gasteiger partial charge on any atom is 0.267 e. The molecule has 0 saturated heterocycles. The van der Waals surface area contributed by atoms with Crippen LogP contribution in [0.15, 0.2) is 23.0 Å². The number of aromatic nitrogens is 4. The third-order valence-corrected chi connectivity index (χ3v) is 4.27. The van der Waals surface area contributed by atoms with Crippen LogP contribution in [0.1, 0.15) is 17.8 Å². The van der Waals surface area contributed by atoms with E-state index in [2.05, 4.69) is 15.5 Å². The lowest BCUT2D eigenvalue weighted by Crippen LogP contribution is -2.41. The second kappa shape index (κ2) is 8.82. The van der Waals surface area contributed by atoms with Gasteiger partial charge in [-0.1, -0.05) is 0 Å². The Morgan fingerprint density at radius 1 is 1.36 bits per heavy atom. The Morgan fingerprint density at radius 3 is 2.72 bits per heavy atom. The van der Waals surface area contributed by atoms with Crippen LogP contribution in [-0.4, -0.2) is 55.2 Å². The summed E-state index contributed by atoms with van der Waals surface area (Å²) in [5.41, 5.74) is 1.36. The molecule has 0 aliphatic carbocycles. The molecule has 136 valence electrons. The number of hydrogen-bond donors (Lipinski definition) is 2. The van der Waals surface area contributed by atoms with E-state index in [0.29, 0.717) is 12.2 Å². The lowest BCUT2D eigenvalue weighted by Gasteiger charge is -2.16. The average molecular weight is 365 g/mol. The molecule has 0 fully saturated rings. The summed E-state index contributed by atoms with van der Waals surface area (Å²) in [6, 6.07) is 4.52. The molecular weight excluding hydrogens is 342 g/mol. The van der Waals surface area contributed by atoms with Crippen molar-refractivity contribution in [3.8, 4) is 5.82 Å². The zero-order valence-corrected chi connectivity index (χ0v) is 15.4. The number of carbonyl (C=O) groups is 1. The van der Waals surface area contributed by atoms with E-state index in [-0.39, 0.29) is 30.7 Å². The summed E-state index contributed by atoms with van der Waals surface area (Å²) in [5.74, 6) is 0.941. The molecule has 0 radical (unpaired) electrons.